The van der Waals surface area contributed by atoms with Gasteiger partial charge in [-0.1, -0.05) is 18.2 Å². The number of carbonyl (C=O) groups excluding carboxylic acids is 2. The number of aromatic amines is 1. The number of rotatable bonds is 2. The van der Waals surface area contributed by atoms with Gasteiger partial charge in [0.05, 0.1) is 5.56 Å². The second-order valence-electron chi connectivity index (χ2n) is 5.15. The summed E-state index contributed by atoms with van der Waals surface area (Å²) in [7, 11) is 1.71. The average Bonchev–Trinajstić information content (AvgIpc) is 2.80. The van der Waals surface area contributed by atoms with Crippen molar-refractivity contribution < 1.29 is 9.59 Å². The number of nitrogens with zero attached hydrogens (tertiary/aromatic N) is 1. The van der Waals surface area contributed by atoms with E-state index >= 15 is 0 Å². The first kappa shape index (κ1) is 13.4. The second kappa shape index (κ2) is 5.05. The predicted molar refractivity (Wildman–Crippen MR) is 78.1 cm³/mol. The van der Waals surface area contributed by atoms with Crippen molar-refractivity contribution in [3.05, 3.63) is 46.4 Å². The third kappa shape index (κ3) is 2.29. The number of hydrogen-bond donors (Lipinski definition) is 2. The Morgan fingerprint density at radius 2 is 2.00 bits per heavy atom. The van der Waals surface area contributed by atoms with E-state index in [1.165, 1.54) is 6.20 Å². The molecule has 1 fully saturated rings. The number of benzene rings is 1. The molecule has 21 heavy (non-hydrogen) atoms. The number of likely N-dealkylation sites (tertiary alicyclic amines) is 1. The summed E-state index contributed by atoms with van der Waals surface area (Å²) in [6, 6.07) is 6.41. The quantitative estimate of drug-likeness (QED) is 0.842. The van der Waals surface area contributed by atoms with E-state index in [9.17, 15) is 14.4 Å². The molecule has 0 aliphatic carbocycles. The molecule has 1 saturated heterocycles. The Balaban J connectivity index is 1.94. The third-order valence-corrected chi connectivity index (χ3v) is 3.79. The molecule has 1 aliphatic heterocycles. The van der Waals surface area contributed by atoms with Gasteiger partial charge in [0.25, 0.3) is 11.5 Å². The molecule has 0 radical (unpaired) electrons. The minimum atomic E-state index is -0.492. The zero-order chi connectivity index (χ0) is 15.0. The van der Waals surface area contributed by atoms with Crippen LogP contribution in [0.2, 0.25) is 0 Å². The number of H-pyrrole nitrogens is 1. The van der Waals surface area contributed by atoms with Crippen LogP contribution >= 0.6 is 0 Å². The van der Waals surface area contributed by atoms with Crippen LogP contribution in [-0.2, 0) is 4.79 Å². The standard InChI is InChI=1S/C15H15N3O3/c1-18-7-6-12(15(18)21)17-14(20)11-8-16-13(19)10-5-3-2-4-9(10)11/h2-5,8,12H,6-7H2,1H3,(H,16,19)(H,17,20)/t12-/m1/s1. The average molecular weight is 285 g/mol. The lowest BCUT2D eigenvalue weighted by Gasteiger charge is -2.13. The molecule has 1 aliphatic rings. The highest BCUT2D eigenvalue weighted by atomic mass is 16.2. The van der Waals surface area contributed by atoms with Crippen LogP contribution < -0.4 is 10.9 Å². The van der Waals surface area contributed by atoms with Crippen LogP contribution in [0.15, 0.2) is 35.3 Å². The molecule has 2 N–H and O–H groups in total. The highest BCUT2D eigenvalue weighted by molar-refractivity contribution is 6.07. The van der Waals surface area contributed by atoms with Crippen molar-refractivity contribution in [2.24, 2.45) is 0 Å². The monoisotopic (exact) mass is 285 g/mol. The van der Waals surface area contributed by atoms with E-state index in [1.54, 1.807) is 36.2 Å². The molecule has 1 aromatic carbocycles. The first-order valence-corrected chi connectivity index (χ1v) is 6.74. The number of carbonyl (C=O) groups is 2. The molecule has 3 rings (SSSR count). The summed E-state index contributed by atoms with van der Waals surface area (Å²) >= 11 is 0. The Kier molecular flexibility index (Phi) is 3.21. The Labute approximate surface area is 120 Å². The summed E-state index contributed by atoms with van der Waals surface area (Å²) in [5.41, 5.74) is 0.131. The number of likely N-dealkylation sites (N-methyl/N-ethyl adjacent to an activating group) is 1. The van der Waals surface area contributed by atoms with Gasteiger partial charge in [-0.15, -0.1) is 0 Å². The minimum absolute atomic E-state index is 0.0860. The Morgan fingerprint density at radius 3 is 2.67 bits per heavy atom. The van der Waals surface area contributed by atoms with Gasteiger partial charge in [0.1, 0.15) is 6.04 Å². The highest BCUT2D eigenvalue weighted by Crippen LogP contribution is 2.15. The first-order chi connectivity index (χ1) is 10.1. The number of nitrogens with one attached hydrogen (secondary N) is 2. The van der Waals surface area contributed by atoms with E-state index in [0.29, 0.717) is 29.3 Å². The molecule has 108 valence electrons. The molecule has 2 aromatic rings. The van der Waals surface area contributed by atoms with Gasteiger partial charge >= 0.3 is 0 Å². The fraction of sp³-hybridized carbons (Fsp3) is 0.267. The van der Waals surface area contributed by atoms with Gasteiger partial charge in [0, 0.05) is 30.6 Å². The van der Waals surface area contributed by atoms with Gasteiger partial charge in [-0.3, -0.25) is 14.4 Å². The van der Waals surface area contributed by atoms with Crippen LogP contribution in [-0.4, -0.2) is 41.3 Å². The Bertz CT molecular complexity index is 781. The molecular formula is C15H15N3O3. The molecular weight excluding hydrogens is 270 g/mol. The van der Waals surface area contributed by atoms with Gasteiger partial charge in [-0.2, -0.15) is 0 Å². The van der Waals surface area contributed by atoms with Gasteiger partial charge in [0.15, 0.2) is 0 Å². The first-order valence-electron chi connectivity index (χ1n) is 6.74. The molecule has 2 amide bonds. The van der Waals surface area contributed by atoms with Crippen molar-refractivity contribution in [2.45, 2.75) is 12.5 Å². The van der Waals surface area contributed by atoms with E-state index in [-0.39, 0.29) is 17.4 Å². The number of hydrogen-bond acceptors (Lipinski definition) is 3. The van der Waals surface area contributed by atoms with E-state index < -0.39 is 6.04 Å². The smallest absolute Gasteiger partial charge is 0.255 e. The SMILES string of the molecule is CN1CC[C@@H](NC(=O)c2c[nH]c(=O)c3ccccc23)C1=O. The Hall–Kier alpha value is -2.63. The number of pyridine rings is 1. The van der Waals surface area contributed by atoms with Crippen LogP contribution in [0.5, 0.6) is 0 Å². The zero-order valence-corrected chi connectivity index (χ0v) is 11.6. The Morgan fingerprint density at radius 1 is 1.29 bits per heavy atom. The van der Waals surface area contributed by atoms with Crippen LogP contribution in [0.4, 0.5) is 0 Å². The fourth-order valence-electron chi connectivity index (χ4n) is 2.59. The predicted octanol–water partition coefficient (Wildman–Crippen LogP) is 0.489. The molecule has 2 heterocycles. The van der Waals surface area contributed by atoms with Gasteiger partial charge in [-0.25, -0.2) is 0 Å². The fourth-order valence-corrected chi connectivity index (χ4v) is 2.59. The number of amides is 2. The highest BCUT2D eigenvalue weighted by Gasteiger charge is 2.30. The van der Waals surface area contributed by atoms with Crippen molar-refractivity contribution in [3.8, 4) is 0 Å². The van der Waals surface area contributed by atoms with Crippen molar-refractivity contribution in [2.75, 3.05) is 13.6 Å². The summed E-state index contributed by atoms with van der Waals surface area (Å²) in [6.45, 7) is 0.635. The zero-order valence-electron chi connectivity index (χ0n) is 11.6. The van der Waals surface area contributed by atoms with Gasteiger partial charge in [-0.05, 0) is 12.5 Å². The second-order valence-corrected chi connectivity index (χ2v) is 5.15. The maximum absolute atomic E-state index is 12.4. The maximum atomic E-state index is 12.4. The largest absolute Gasteiger partial charge is 0.344 e. The number of fused-ring (bicyclic) bond motifs is 1. The summed E-state index contributed by atoms with van der Waals surface area (Å²) < 4.78 is 0. The lowest BCUT2D eigenvalue weighted by atomic mass is 10.1. The van der Waals surface area contributed by atoms with Crippen molar-refractivity contribution in [1.29, 1.82) is 0 Å². The normalized spacial score (nSPS) is 18.2. The maximum Gasteiger partial charge on any atom is 0.255 e. The van der Waals surface area contributed by atoms with E-state index in [2.05, 4.69) is 10.3 Å². The van der Waals surface area contributed by atoms with Gasteiger partial charge in [0.2, 0.25) is 5.91 Å². The van der Waals surface area contributed by atoms with Crippen LogP contribution in [0.25, 0.3) is 10.8 Å². The van der Waals surface area contributed by atoms with E-state index in [0.717, 1.165) is 0 Å². The topological polar surface area (TPSA) is 82.3 Å². The van der Waals surface area contributed by atoms with Crippen molar-refractivity contribution in [1.82, 2.24) is 15.2 Å². The van der Waals surface area contributed by atoms with Crippen LogP contribution in [0.3, 0.4) is 0 Å². The molecule has 6 heteroatoms. The summed E-state index contributed by atoms with van der Waals surface area (Å²) in [5, 5.41) is 3.77. The molecule has 1 atom stereocenters. The lowest BCUT2D eigenvalue weighted by Crippen LogP contribution is -2.40. The van der Waals surface area contributed by atoms with Crippen molar-refractivity contribution in [3.63, 3.8) is 0 Å². The van der Waals surface area contributed by atoms with Crippen molar-refractivity contribution >= 4 is 22.6 Å². The van der Waals surface area contributed by atoms with Gasteiger partial charge < -0.3 is 15.2 Å². The third-order valence-electron chi connectivity index (χ3n) is 3.79. The summed E-state index contributed by atoms with van der Waals surface area (Å²) in [4.78, 5) is 40.1. The van der Waals surface area contributed by atoms with Crippen LogP contribution in [0, 0.1) is 0 Å². The van der Waals surface area contributed by atoms with Crippen LogP contribution in [0.1, 0.15) is 16.8 Å². The molecule has 0 unspecified atom stereocenters. The molecule has 1 aromatic heterocycles. The molecule has 6 nitrogen and oxygen atoms in total. The summed E-state index contributed by atoms with van der Waals surface area (Å²) in [6.07, 6.45) is 1.99. The summed E-state index contributed by atoms with van der Waals surface area (Å²) in [5.74, 6) is -0.437. The molecule has 0 bridgehead atoms. The number of aromatic nitrogens is 1. The van der Waals surface area contributed by atoms with E-state index in [4.69, 9.17) is 0 Å². The molecule has 0 spiro atoms. The van der Waals surface area contributed by atoms with E-state index in [1.807, 2.05) is 0 Å². The minimum Gasteiger partial charge on any atom is -0.344 e. The lowest BCUT2D eigenvalue weighted by molar-refractivity contribution is -0.128. The molecule has 0 saturated carbocycles.